The lowest BCUT2D eigenvalue weighted by molar-refractivity contribution is -0.141. The van der Waals surface area contributed by atoms with E-state index in [0.29, 0.717) is 5.91 Å². The highest BCUT2D eigenvalue weighted by molar-refractivity contribution is 7.07. The topological polar surface area (TPSA) is 52.6 Å². The standard InChI is InChI=1S/C21H27N5OS/c1-24-9-6-21(18(24)27)16-26(19-22-7-2-8-23-19)15-20(21)4-10-25(11-5-20)13-17-3-12-28-14-17/h2-3,7-8,12,14H,4-6,9-11,13,15-16H2,1H3/t21-/m1/s1. The number of piperidine rings is 1. The molecule has 2 spiro atoms. The van der Waals surface area contributed by atoms with Gasteiger partial charge in [0.1, 0.15) is 0 Å². The molecule has 0 radical (unpaired) electrons. The van der Waals surface area contributed by atoms with Gasteiger partial charge in [-0.1, -0.05) is 0 Å². The molecule has 5 heterocycles. The van der Waals surface area contributed by atoms with Crippen LogP contribution in [0.2, 0.25) is 0 Å². The molecule has 0 unspecified atom stereocenters. The van der Waals surface area contributed by atoms with E-state index in [9.17, 15) is 4.79 Å². The number of fused-ring (bicyclic) bond motifs is 1. The van der Waals surface area contributed by atoms with E-state index in [2.05, 4.69) is 36.6 Å². The molecule has 2 aromatic heterocycles. The molecule has 0 saturated carbocycles. The summed E-state index contributed by atoms with van der Waals surface area (Å²) < 4.78 is 0. The number of amides is 1. The number of nitrogens with zero attached hydrogens (tertiary/aromatic N) is 5. The van der Waals surface area contributed by atoms with Gasteiger partial charge in [0.2, 0.25) is 11.9 Å². The van der Waals surface area contributed by atoms with E-state index in [-0.39, 0.29) is 10.8 Å². The minimum absolute atomic E-state index is 0.0270. The zero-order chi connectivity index (χ0) is 19.2. The zero-order valence-electron chi connectivity index (χ0n) is 16.4. The molecule has 28 heavy (non-hydrogen) atoms. The molecule has 3 saturated heterocycles. The Morgan fingerprint density at radius 1 is 1.11 bits per heavy atom. The average Bonchev–Trinajstić information content (AvgIpc) is 3.42. The number of carbonyl (C=O) groups is 1. The van der Waals surface area contributed by atoms with Crippen LogP contribution in [0.25, 0.3) is 0 Å². The van der Waals surface area contributed by atoms with Gasteiger partial charge in [0.15, 0.2) is 0 Å². The van der Waals surface area contributed by atoms with Gasteiger partial charge in [-0.2, -0.15) is 11.3 Å². The molecule has 5 rings (SSSR count). The number of carbonyl (C=O) groups excluding carboxylic acids is 1. The first-order valence-corrected chi connectivity index (χ1v) is 11.1. The van der Waals surface area contributed by atoms with Gasteiger partial charge in [0.05, 0.1) is 5.41 Å². The number of thiophene rings is 1. The normalized spacial score (nSPS) is 27.4. The number of hydrogen-bond donors (Lipinski definition) is 0. The number of rotatable bonds is 3. The summed E-state index contributed by atoms with van der Waals surface area (Å²) in [5, 5.41) is 4.39. The van der Waals surface area contributed by atoms with Gasteiger partial charge in [-0.05, 0) is 60.8 Å². The summed E-state index contributed by atoms with van der Waals surface area (Å²) in [4.78, 5) is 29.1. The van der Waals surface area contributed by atoms with Gasteiger partial charge >= 0.3 is 0 Å². The summed E-state index contributed by atoms with van der Waals surface area (Å²) in [6.45, 7) is 5.64. The van der Waals surface area contributed by atoms with Crippen LogP contribution in [0, 0.1) is 10.8 Å². The molecule has 148 valence electrons. The fraction of sp³-hybridized carbons (Fsp3) is 0.571. The molecule has 2 aromatic rings. The van der Waals surface area contributed by atoms with Crippen molar-refractivity contribution in [1.29, 1.82) is 0 Å². The van der Waals surface area contributed by atoms with Crippen molar-refractivity contribution in [3.8, 4) is 0 Å². The van der Waals surface area contributed by atoms with Crippen molar-refractivity contribution in [3.05, 3.63) is 40.8 Å². The Bertz CT molecular complexity index is 834. The van der Waals surface area contributed by atoms with Gasteiger partial charge in [0.25, 0.3) is 0 Å². The van der Waals surface area contributed by atoms with Crippen molar-refractivity contribution in [3.63, 3.8) is 0 Å². The second-order valence-electron chi connectivity index (χ2n) is 8.65. The molecule has 0 bridgehead atoms. The number of likely N-dealkylation sites (tertiary alicyclic amines) is 2. The monoisotopic (exact) mass is 397 g/mol. The second-order valence-corrected chi connectivity index (χ2v) is 9.43. The van der Waals surface area contributed by atoms with Crippen LogP contribution in [-0.4, -0.2) is 65.4 Å². The smallest absolute Gasteiger partial charge is 0.231 e. The van der Waals surface area contributed by atoms with E-state index in [1.165, 1.54) is 5.56 Å². The molecule has 7 heteroatoms. The first kappa shape index (κ1) is 18.1. The van der Waals surface area contributed by atoms with E-state index >= 15 is 0 Å². The Kier molecular flexibility index (Phi) is 4.39. The summed E-state index contributed by atoms with van der Waals surface area (Å²) in [6, 6.07) is 4.07. The Morgan fingerprint density at radius 3 is 2.54 bits per heavy atom. The molecule has 3 aliphatic heterocycles. The third-order valence-corrected chi connectivity index (χ3v) is 7.97. The summed E-state index contributed by atoms with van der Waals surface area (Å²) in [5.41, 5.74) is 1.15. The fourth-order valence-corrected chi connectivity index (χ4v) is 6.31. The predicted octanol–water partition coefficient (Wildman–Crippen LogP) is 2.49. The van der Waals surface area contributed by atoms with E-state index in [4.69, 9.17) is 0 Å². The summed E-state index contributed by atoms with van der Waals surface area (Å²) >= 11 is 1.76. The lowest BCUT2D eigenvalue weighted by Crippen LogP contribution is -2.52. The van der Waals surface area contributed by atoms with Crippen LogP contribution in [0.1, 0.15) is 24.8 Å². The number of hydrogen-bond acceptors (Lipinski definition) is 6. The van der Waals surface area contributed by atoms with Crippen molar-refractivity contribution in [2.75, 3.05) is 44.7 Å². The fourth-order valence-electron chi connectivity index (χ4n) is 5.65. The van der Waals surface area contributed by atoms with Crippen LogP contribution in [0.5, 0.6) is 0 Å². The zero-order valence-corrected chi connectivity index (χ0v) is 17.2. The van der Waals surface area contributed by atoms with Crippen LogP contribution < -0.4 is 4.90 Å². The highest BCUT2D eigenvalue weighted by Gasteiger charge is 2.65. The predicted molar refractivity (Wildman–Crippen MR) is 110 cm³/mol. The first-order chi connectivity index (χ1) is 13.6. The Morgan fingerprint density at radius 2 is 1.89 bits per heavy atom. The Labute approximate surface area is 170 Å². The third-order valence-electron chi connectivity index (χ3n) is 7.23. The largest absolute Gasteiger partial charge is 0.345 e. The lowest BCUT2D eigenvalue weighted by atomic mass is 9.60. The maximum absolute atomic E-state index is 13.4. The summed E-state index contributed by atoms with van der Waals surface area (Å²) in [7, 11) is 1.96. The van der Waals surface area contributed by atoms with Crippen molar-refractivity contribution >= 4 is 23.2 Å². The maximum atomic E-state index is 13.4. The van der Waals surface area contributed by atoms with E-state index in [0.717, 1.165) is 64.5 Å². The third kappa shape index (κ3) is 2.75. The van der Waals surface area contributed by atoms with Crippen LogP contribution in [0.15, 0.2) is 35.3 Å². The van der Waals surface area contributed by atoms with Crippen molar-refractivity contribution < 1.29 is 4.79 Å². The second kappa shape index (κ2) is 6.81. The number of anilines is 1. The lowest BCUT2D eigenvalue weighted by Gasteiger charge is -2.46. The summed E-state index contributed by atoms with van der Waals surface area (Å²) in [5.74, 6) is 1.10. The summed E-state index contributed by atoms with van der Waals surface area (Å²) in [6.07, 6.45) is 6.69. The van der Waals surface area contributed by atoms with Crippen LogP contribution in [-0.2, 0) is 11.3 Å². The van der Waals surface area contributed by atoms with Gasteiger partial charge in [-0.3, -0.25) is 9.69 Å². The highest BCUT2D eigenvalue weighted by atomic mass is 32.1. The molecule has 1 atom stereocenters. The average molecular weight is 398 g/mol. The first-order valence-electron chi connectivity index (χ1n) is 10.1. The number of aromatic nitrogens is 2. The molecule has 3 aliphatic rings. The SMILES string of the molecule is CN1CC[C@@]2(CN(c3ncccn3)CC23CCN(Cc2ccsc2)CC3)C1=O. The van der Waals surface area contributed by atoms with Crippen molar-refractivity contribution in [1.82, 2.24) is 19.8 Å². The molecule has 6 nitrogen and oxygen atoms in total. The van der Waals surface area contributed by atoms with E-state index in [1.54, 1.807) is 23.7 Å². The molecule has 3 fully saturated rings. The Balaban J connectivity index is 1.40. The Hall–Kier alpha value is -1.99. The minimum atomic E-state index is -0.282. The van der Waals surface area contributed by atoms with Gasteiger partial charge in [-0.25, -0.2) is 9.97 Å². The van der Waals surface area contributed by atoms with Crippen molar-refractivity contribution in [2.45, 2.75) is 25.8 Å². The maximum Gasteiger partial charge on any atom is 0.231 e. The van der Waals surface area contributed by atoms with Crippen molar-refractivity contribution in [2.24, 2.45) is 10.8 Å². The van der Waals surface area contributed by atoms with E-state index < -0.39 is 0 Å². The van der Waals surface area contributed by atoms with Gasteiger partial charge in [0, 0.05) is 51.0 Å². The molecule has 0 N–H and O–H groups in total. The van der Waals surface area contributed by atoms with Crippen LogP contribution in [0.3, 0.4) is 0 Å². The highest BCUT2D eigenvalue weighted by Crippen LogP contribution is 2.58. The molecule has 0 aliphatic carbocycles. The van der Waals surface area contributed by atoms with Crippen LogP contribution >= 0.6 is 11.3 Å². The minimum Gasteiger partial charge on any atom is -0.345 e. The van der Waals surface area contributed by atoms with Gasteiger partial charge in [-0.15, -0.1) is 0 Å². The molecular formula is C21H27N5OS. The molecule has 1 amide bonds. The van der Waals surface area contributed by atoms with E-state index in [1.807, 2.05) is 18.0 Å². The van der Waals surface area contributed by atoms with Gasteiger partial charge < -0.3 is 9.80 Å². The van der Waals surface area contributed by atoms with Crippen LogP contribution in [0.4, 0.5) is 5.95 Å². The molecule has 0 aromatic carbocycles. The molecular weight excluding hydrogens is 370 g/mol. The quantitative estimate of drug-likeness (QED) is 0.797.